The van der Waals surface area contributed by atoms with E-state index in [0.29, 0.717) is 0 Å². The van der Waals surface area contributed by atoms with E-state index in [1.54, 1.807) is 0 Å². The Hall–Kier alpha value is -0.860. The lowest BCUT2D eigenvalue weighted by molar-refractivity contribution is 0.358. The van der Waals surface area contributed by atoms with Crippen LogP contribution in [0.3, 0.4) is 0 Å². The Balaban J connectivity index is 1.68. The van der Waals surface area contributed by atoms with Crippen molar-refractivity contribution in [1.29, 1.82) is 0 Å². The zero-order valence-corrected chi connectivity index (χ0v) is 11.8. The zero-order chi connectivity index (χ0) is 12.8. The monoisotopic (exact) mass is 246 g/mol. The molecule has 0 aromatic heterocycles. The average Bonchev–Trinajstić information content (AvgIpc) is 2.38. The van der Waals surface area contributed by atoms with Crippen molar-refractivity contribution in [3.05, 3.63) is 34.9 Å². The number of benzene rings is 1. The van der Waals surface area contributed by atoms with Crippen LogP contribution in [0, 0.1) is 19.8 Å². The first kappa shape index (κ1) is 13.6. The van der Waals surface area contributed by atoms with Gasteiger partial charge in [-0.15, -0.1) is 0 Å². The van der Waals surface area contributed by atoms with Crippen LogP contribution in [0.4, 0.5) is 0 Å². The topological polar surface area (TPSA) is 24.1 Å². The second kappa shape index (κ2) is 6.91. The molecule has 1 aromatic carbocycles. The first-order chi connectivity index (χ1) is 8.75. The van der Waals surface area contributed by atoms with Gasteiger partial charge in [0, 0.05) is 0 Å². The molecule has 0 unspecified atom stereocenters. The lowest BCUT2D eigenvalue weighted by Crippen LogP contribution is -2.34. The van der Waals surface area contributed by atoms with Crippen LogP contribution in [0.5, 0.6) is 0 Å². The van der Waals surface area contributed by atoms with Gasteiger partial charge in [0.2, 0.25) is 0 Å². The van der Waals surface area contributed by atoms with Gasteiger partial charge in [-0.05, 0) is 76.3 Å². The maximum Gasteiger partial charge on any atom is -0.000814 e. The van der Waals surface area contributed by atoms with E-state index in [9.17, 15) is 0 Å². The highest BCUT2D eigenvalue weighted by Gasteiger charge is 2.11. The number of hydrogen-bond acceptors (Lipinski definition) is 2. The van der Waals surface area contributed by atoms with Gasteiger partial charge >= 0.3 is 0 Å². The lowest BCUT2D eigenvalue weighted by atomic mass is 9.98. The molecule has 0 aliphatic carbocycles. The maximum absolute atomic E-state index is 3.62. The van der Waals surface area contributed by atoms with Crippen molar-refractivity contribution < 1.29 is 0 Å². The van der Waals surface area contributed by atoms with E-state index in [-0.39, 0.29) is 0 Å². The summed E-state index contributed by atoms with van der Waals surface area (Å²) in [4.78, 5) is 0. The van der Waals surface area contributed by atoms with Gasteiger partial charge < -0.3 is 10.6 Å². The van der Waals surface area contributed by atoms with E-state index < -0.39 is 0 Å². The molecule has 2 nitrogen and oxygen atoms in total. The Morgan fingerprint density at radius 2 is 2.00 bits per heavy atom. The molecule has 0 spiro atoms. The number of hydrogen-bond donors (Lipinski definition) is 2. The maximum atomic E-state index is 3.62. The first-order valence-electron chi connectivity index (χ1n) is 7.23. The third-order valence-corrected chi connectivity index (χ3v) is 3.96. The van der Waals surface area contributed by atoms with E-state index in [4.69, 9.17) is 0 Å². The summed E-state index contributed by atoms with van der Waals surface area (Å²) < 4.78 is 0. The molecule has 1 aliphatic heterocycles. The Morgan fingerprint density at radius 1 is 1.22 bits per heavy atom. The van der Waals surface area contributed by atoms with Crippen LogP contribution in [0.15, 0.2) is 18.2 Å². The third-order valence-electron chi connectivity index (χ3n) is 3.96. The summed E-state index contributed by atoms with van der Waals surface area (Å²) in [5, 5.41) is 7.03. The molecule has 0 amide bonds. The predicted molar refractivity (Wildman–Crippen MR) is 78.1 cm³/mol. The normalized spacial score (nSPS) is 17.0. The highest BCUT2D eigenvalue weighted by Crippen LogP contribution is 2.12. The van der Waals surface area contributed by atoms with Crippen molar-refractivity contribution in [3.8, 4) is 0 Å². The minimum atomic E-state index is 0.880. The summed E-state index contributed by atoms with van der Waals surface area (Å²) in [6.45, 7) is 9.06. The van der Waals surface area contributed by atoms with Crippen molar-refractivity contribution in [2.24, 2.45) is 5.92 Å². The van der Waals surface area contributed by atoms with Crippen LogP contribution in [0.2, 0.25) is 0 Å². The van der Waals surface area contributed by atoms with Gasteiger partial charge in [0.15, 0.2) is 0 Å². The third kappa shape index (κ3) is 4.11. The van der Waals surface area contributed by atoms with Crippen molar-refractivity contribution in [3.63, 3.8) is 0 Å². The van der Waals surface area contributed by atoms with E-state index in [1.165, 1.54) is 49.2 Å². The minimum Gasteiger partial charge on any atom is -0.317 e. The molecule has 1 heterocycles. The second-order valence-electron chi connectivity index (χ2n) is 5.58. The van der Waals surface area contributed by atoms with Gasteiger partial charge in [-0.3, -0.25) is 0 Å². The molecule has 18 heavy (non-hydrogen) atoms. The quantitative estimate of drug-likeness (QED) is 0.780. The molecule has 1 aromatic rings. The van der Waals surface area contributed by atoms with Gasteiger partial charge in [0.25, 0.3) is 0 Å². The van der Waals surface area contributed by atoms with Crippen LogP contribution in [0.1, 0.15) is 29.5 Å². The molecule has 0 atom stereocenters. The molecule has 1 aliphatic rings. The van der Waals surface area contributed by atoms with Crippen LogP contribution >= 0.6 is 0 Å². The molecular formula is C16H26N2. The van der Waals surface area contributed by atoms with E-state index >= 15 is 0 Å². The molecule has 1 saturated heterocycles. The molecule has 0 radical (unpaired) electrons. The minimum absolute atomic E-state index is 0.880. The van der Waals surface area contributed by atoms with E-state index in [1.807, 2.05) is 0 Å². The molecule has 0 saturated carbocycles. The van der Waals surface area contributed by atoms with Crippen molar-refractivity contribution in [1.82, 2.24) is 10.6 Å². The largest absolute Gasteiger partial charge is 0.317 e. The number of piperidine rings is 1. The summed E-state index contributed by atoms with van der Waals surface area (Å²) in [5.74, 6) is 0.880. The molecule has 0 bridgehead atoms. The van der Waals surface area contributed by atoms with Gasteiger partial charge in [-0.2, -0.15) is 0 Å². The molecule has 2 rings (SSSR count). The Labute approximate surface area is 111 Å². The predicted octanol–water partition coefficient (Wildman–Crippen LogP) is 2.44. The summed E-state index contributed by atoms with van der Waals surface area (Å²) in [7, 11) is 0. The molecule has 100 valence electrons. The fourth-order valence-corrected chi connectivity index (χ4v) is 2.74. The fraction of sp³-hybridized carbons (Fsp3) is 0.625. The molecule has 2 N–H and O–H groups in total. The van der Waals surface area contributed by atoms with E-state index in [2.05, 4.69) is 42.7 Å². The highest BCUT2D eigenvalue weighted by atomic mass is 14.9. The second-order valence-corrected chi connectivity index (χ2v) is 5.58. The Morgan fingerprint density at radius 3 is 2.72 bits per heavy atom. The van der Waals surface area contributed by atoms with Gasteiger partial charge in [-0.25, -0.2) is 0 Å². The molecular weight excluding hydrogens is 220 g/mol. The summed E-state index contributed by atoms with van der Waals surface area (Å²) >= 11 is 0. The number of rotatable bonds is 5. The fourth-order valence-electron chi connectivity index (χ4n) is 2.74. The lowest BCUT2D eigenvalue weighted by Gasteiger charge is -2.22. The zero-order valence-electron chi connectivity index (χ0n) is 11.8. The SMILES string of the molecule is Cc1ccc(CCNCC2CCNCC2)c(C)c1. The van der Waals surface area contributed by atoms with Crippen LogP contribution in [0.25, 0.3) is 0 Å². The molecule has 1 fully saturated rings. The van der Waals surface area contributed by atoms with Crippen LogP contribution in [-0.4, -0.2) is 26.2 Å². The Bertz CT molecular complexity index is 367. The summed E-state index contributed by atoms with van der Waals surface area (Å²) in [5.41, 5.74) is 4.27. The number of aryl methyl sites for hydroxylation is 2. The first-order valence-corrected chi connectivity index (χ1v) is 7.23. The smallest absolute Gasteiger partial charge is 0.000814 e. The standard InChI is InChI=1S/C16H26N2/c1-13-3-4-16(14(2)11-13)7-10-18-12-15-5-8-17-9-6-15/h3-4,11,15,17-18H,5-10,12H2,1-2H3. The van der Waals surface area contributed by atoms with Crippen LogP contribution < -0.4 is 10.6 Å². The van der Waals surface area contributed by atoms with Gasteiger partial charge in [-0.1, -0.05) is 23.8 Å². The van der Waals surface area contributed by atoms with Gasteiger partial charge in [0.1, 0.15) is 0 Å². The van der Waals surface area contributed by atoms with Crippen LogP contribution in [-0.2, 0) is 6.42 Å². The highest BCUT2D eigenvalue weighted by molar-refractivity contribution is 5.30. The van der Waals surface area contributed by atoms with Crippen molar-refractivity contribution >= 4 is 0 Å². The van der Waals surface area contributed by atoms with Crippen molar-refractivity contribution in [2.45, 2.75) is 33.1 Å². The number of nitrogens with one attached hydrogen (secondary N) is 2. The summed E-state index contributed by atoms with van der Waals surface area (Å²) in [6.07, 6.45) is 3.81. The van der Waals surface area contributed by atoms with Crippen molar-refractivity contribution in [2.75, 3.05) is 26.2 Å². The Kier molecular flexibility index (Phi) is 5.21. The van der Waals surface area contributed by atoms with Gasteiger partial charge in [0.05, 0.1) is 0 Å². The van der Waals surface area contributed by atoms with E-state index in [0.717, 1.165) is 18.9 Å². The average molecular weight is 246 g/mol. The summed E-state index contributed by atoms with van der Waals surface area (Å²) in [6, 6.07) is 6.77. The molecule has 2 heteroatoms.